The summed E-state index contributed by atoms with van der Waals surface area (Å²) in [4.78, 5) is 12.3. The van der Waals surface area contributed by atoms with Crippen molar-refractivity contribution in [2.24, 2.45) is 0 Å². The molecule has 2 aromatic rings. The van der Waals surface area contributed by atoms with Gasteiger partial charge in [-0.3, -0.25) is 9.10 Å². The molecule has 2 aromatic carbocycles. The molecule has 0 bridgehead atoms. The Balaban J connectivity index is 2.07. The predicted octanol–water partition coefficient (Wildman–Crippen LogP) is 3.68. The fourth-order valence-corrected chi connectivity index (χ4v) is 4.34. The van der Waals surface area contributed by atoms with Gasteiger partial charge >= 0.3 is 0 Å². The number of rotatable bonds is 3. The number of nitrogens with zero attached hydrogens (tertiary/aromatic N) is 1. The number of carbonyl (C=O) groups excluding carboxylic acids is 1. The quantitative estimate of drug-likeness (QED) is 0.849. The van der Waals surface area contributed by atoms with Gasteiger partial charge in [0.15, 0.2) is 5.78 Å². The van der Waals surface area contributed by atoms with E-state index in [0.29, 0.717) is 16.3 Å². The van der Waals surface area contributed by atoms with Gasteiger partial charge in [-0.05, 0) is 42.3 Å². The lowest BCUT2D eigenvalue weighted by molar-refractivity contribution is 0.0982. The van der Waals surface area contributed by atoms with Crippen molar-refractivity contribution in [3.8, 4) is 0 Å². The molecule has 0 radical (unpaired) electrons. The van der Waals surface area contributed by atoms with Crippen LogP contribution in [0.25, 0.3) is 0 Å². The van der Waals surface area contributed by atoms with Gasteiger partial charge in [0.1, 0.15) is 0 Å². The van der Waals surface area contributed by atoms with E-state index >= 15 is 0 Å². The van der Waals surface area contributed by atoms with Crippen molar-refractivity contribution in [3.63, 3.8) is 0 Å². The highest BCUT2D eigenvalue weighted by Gasteiger charge is 2.32. The van der Waals surface area contributed by atoms with E-state index < -0.39 is 10.0 Å². The first-order valence-corrected chi connectivity index (χ1v) is 9.19. The first kappa shape index (κ1) is 16.0. The molecule has 1 aliphatic rings. The molecule has 0 N–H and O–H groups in total. The number of benzene rings is 2. The minimum absolute atomic E-state index is 0.0877. The third kappa shape index (κ3) is 2.86. The van der Waals surface area contributed by atoms with E-state index in [9.17, 15) is 13.2 Å². The summed E-state index contributed by atoms with van der Waals surface area (Å²) < 4.78 is 27.1. The number of hydrogen-bond acceptors (Lipinski definition) is 3. The molecule has 4 nitrogen and oxygen atoms in total. The van der Waals surface area contributed by atoms with E-state index in [1.807, 2.05) is 19.1 Å². The van der Waals surface area contributed by atoms with Crippen LogP contribution in [-0.2, 0) is 16.4 Å². The smallest absolute Gasteiger partial charge is 0.264 e. The normalized spacial score (nSPS) is 14.7. The molecule has 0 unspecified atom stereocenters. The number of fused-ring (bicyclic) bond motifs is 1. The molecule has 0 aromatic heterocycles. The van der Waals surface area contributed by atoms with E-state index in [1.165, 1.54) is 10.4 Å². The van der Waals surface area contributed by atoms with Gasteiger partial charge in [0, 0.05) is 23.6 Å². The van der Waals surface area contributed by atoms with Crippen molar-refractivity contribution in [1.82, 2.24) is 0 Å². The standard InChI is InChI=1S/C17H16ClNO3S/c1-2-12-3-6-14(7-4-12)23(21,22)19-10-9-17(20)15-11-13(18)5-8-16(15)19/h3-8,11H,2,9-10H2,1H3. The maximum atomic E-state index is 12.9. The molecular weight excluding hydrogens is 334 g/mol. The van der Waals surface area contributed by atoms with Crippen molar-refractivity contribution in [2.45, 2.75) is 24.7 Å². The summed E-state index contributed by atoms with van der Waals surface area (Å²) >= 11 is 5.93. The molecule has 120 valence electrons. The number of sulfonamides is 1. The molecular formula is C17H16ClNO3S. The topological polar surface area (TPSA) is 54.5 Å². The average Bonchev–Trinajstić information content (AvgIpc) is 2.55. The lowest BCUT2D eigenvalue weighted by Gasteiger charge is -2.29. The summed E-state index contributed by atoms with van der Waals surface area (Å²) in [5.41, 5.74) is 1.83. The lowest BCUT2D eigenvalue weighted by Crippen LogP contribution is -2.37. The third-order valence-corrected chi connectivity index (χ3v) is 6.05. The Labute approximate surface area is 140 Å². The van der Waals surface area contributed by atoms with E-state index in [1.54, 1.807) is 24.3 Å². The van der Waals surface area contributed by atoms with Crippen molar-refractivity contribution in [3.05, 3.63) is 58.6 Å². The Morgan fingerprint density at radius 1 is 1.13 bits per heavy atom. The van der Waals surface area contributed by atoms with E-state index in [0.717, 1.165) is 12.0 Å². The molecule has 3 rings (SSSR count). The Bertz CT molecular complexity index is 860. The van der Waals surface area contributed by atoms with Crippen LogP contribution < -0.4 is 4.31 Å². The summed E-state index contributed by atoms with van der Waals surface area (Å²) in [5, 5.41) is 0.420. The number of anilines is 1. The second-order valence-electron chi connectivity index (χ2n) is 5.41. The summed E-state index contributed by atoms with van der Waals surface area (Å²) in [6, 6.07) is 11.6. The van der Waals surface area contributed by atoms with Crippen LogP contribution in [0.2, 0.25) is 5.02 Å². The molecule has 0 aliphatic carbocycles. The summed E-state index contributed by atoms with van der Waals surface area (Å²) in [6.45, 7) is 2.16. The fraction of sp³-hybridized carbons (Fsp3) is 0.235. The Hall–Kier alpha value is -1.85. The van der Waals surface area contributed by atoms with Gasteiger partial charge in [0.05, 0.1) is 10.6 Å². The molecule has 6 heteroatoms. The maximum absolute atomic E-state index is 12.9. The molecule has 0 atom stereocenters. The monoisotopic (exact) mass is 349 g/mol. The van der Waals surface area contributed by atoms with Crippen LogP contribution >= 0.6 is 11.6 Å². The van der Waals surface area contributed by atoms with Gasteiger partial charge in [0.2, 0.25) is 0 Å². The van der Waals surface area contributed by atoms with Gasteiger partial charge in [-0.2, -0.15) is 0 Å². The lowest BCUT2D eigenvalue weighted by atomic mass is 10.0. The zero-order chi connectivity index (χ0) is 16.6. The van der Waals surface area contributed by atoms with Crippen LogP contribution in [0.15, 0.2) is 47.4 Å². The van der Waals surface area contributed by atoms with Crippen molar-refractivity contribution >= 4 is 33.1 Å². The molecule has 0 saturated heterocycles. The number of aryl methyl sites for hydroxylation is 1. The number of Topliss-reactive ketones (excluding diaryl/α,β-unsaturated/α-hetero) is 1. The van der Waals surface area contributed by atoms with Crippen molar-refractivity contribution < 1.29 is 13.2 Å². The zero-order valence-corrected chi connectivity index (χ0v) is 14.2. The SMILES string of the molecule is CCc1ccc(S(=O)(=O)N2CCC(=O)c3cc(Cl)ccc32)cc1. The molecule has 0 spiro atoms. The Morgan fingerprint density at radius 3 is 2.48 bits per heavy atom. The van der Waals surface area contributed by atoms with E-state index in [4.69, 9.17) is 11.6 Å². The van der Waals surface area contributed by atoms with E-state index in [2.05, 4.69) is 0 Å². The summed E-state index contributed by atoms with van der Waals surface area (Å²) in [6.07, 6.45) is 0.999. The molecule has 0 saturated carbocycles. The van der Waals surface area contributed by atoms with Crippen molar-refractivity contribution in [2.75, 3.05) is 10.8 Å². The van der Waals surface area contributed by atoms with Gasteiger partial charge in [-0.25, -0.2) is 8.42 Å². The van der Waals surface area contributed by atoms with Crippen molar-refractivity contribution in [1.29, 1.82) is 0 Å². The number of ketones is 1. The molecule has 0 fully saturated rings. The summed E-state index contributed by atoms with van der Waals surface area (Å²) in [7, 11) is -3.70. The minimum atomic E-state index is -3.70. The zero-order valence-electron chi connectivity index (χ0n) is 12.6. The predicted molar refractivity (Wildman–Crippen MR) is 90.8 cm³/mol. The van der Waals surface area contributed by atoms with Crippen LogP contribution in [-0.4, -0.2) is 20.7 Å². The average molecular weight is 350 g/mol. The summed E-state index contributed by atoms with van der Waals surface area (Å²) in [5.74, 6) is -0.0877. The van der Waals surface area contributed by atoms with E-state index in [-0.39, 0.29) is 23.6 Å². The Morgan fingerprint density at radius 2 is 1.83 bits per heavy atom. The van der Waals surface area contributed by atoms with Gasteiger partial charge in [-0.15, -0.1) is 0 Å². The highest BCUT2D eigenvalue weighted by Crippen LogP contribution is 2.33. The molecule has 1 heterocycles. The fourth-order valence-electron chi connectivity index (χ4n) is 2.68. The van der Waals surface area contributed by atoms with Gasteiger partial charge in [0.25, 0.3) is 10.0 Å². The maximum Gasteiger partial charge on any atom is 0.264 e. The number of hydrogen-bond donors (Lipinski definition) is 0. The highest BCUT2D eigenvalue weighted by atomic mass is 35.5. The first-order valence-electron chi connectivity index (χ1n) is 7.38. The van der Waals surface area contributed by atoms with Crippen LogP contribution in [0, 0.1) is 0 Å². The van der Waals surface area contributed by atoms with Gasteiger partial charge in [-0.1, -0.05) is 30.7 Å². The van der Waals surface area contributed by atoms with Gasteiger partial charge < -0.3 is 0 Å². The second-order valence-corrected chi connectivity index (χ2v) is 7.71. The third-order valence-electron chi connectivity index (χ3n) is 3.99. The van der Waals surface area contributed by atoms with Crippen LogP contribution in [0.1, 0.15) is 29.3 Å². The number of halogens is 1. The second kappa shape index (κ2) is 5.98. The first-order chi connectivity index (χ1) is 10.9. The van der Waals surface area contributed by atoms with Crippen LogP contribution in [0.4, 0.5) is 5.69 Å². The largest absolute Gasteiger partial charge is 0.294 e. The molecule has 1 aliphatic heterocycles. The molecule has 0 amide bonds. The Kier molecular flexibility index (Phi) is 4.17. The minimum Gasteiger partial charge on any atom is -0.294 e. The van der Waals surface area contributed by atoms with Crippen LogP contribution in [0.5, 0.6) is 0 Å². The highest BCUT2D eigenvalue weighted by molar-refractivity contribution is 7.92. The molecule has 23 heavy (non-hydrogen) atoms. The van der Waals surface area contributed by atoms with Crippen LogP contribution in [0.3, 0.4) is 0 Å². The number of carbonyl (C=O) groups is 1.